The van der Waals surface area contributed by atoms with Crippen LogP contribution in [0.25, 0.3) is 11.0 Å². The van der Waals surface area contributed by atoms with Crippen molar-refractivity contribution >= 4 is 28.5 Å². The zero-order chi connectivity index (χ0) is 11.6. The van der Waals surface area contributed by atoms with Crippen LogP contribution in [0.1, 0.15) is 13.8 Å². The molecule has 0 bridgehead atoms. The Morgan fingerprint density at radius 1 is 1.44 bits per heavy atom. The molecular weight excluding hydrogens is 220 g/mol. The van der Waals surface area contributed by atoms with Crippen LogP contribution in [0.2, 0.25) is 0 Å². The maximum atomic E-state index is 5.33. The summed E-state index contributed by atoms with van der Waals surface area (Å²) in [7, 11) is 0. The zero-order valence-corrected chi connectivity index (χ0v) is 10.6. The monoisotopic (exact) mass is 236 g/mol. The van der Waals surface area contributed by atoms with Crippen molar-refractivity contribution in [2.24, 2.45) is 0 Å². The van der Waals surface area contributed by atoms with Crippen LogP contribution < -0.4 is 5.32 Å². The summed E-state index contributed by atoms with van der Waals surface area (Å²) in [6.45, 7) is 5.30. The van der Waals surface area contributed by atoms with Gasteiger partial charge >= 0.3 is 0 Å². The van der Waals surface area contributed by atoms with Crippen LogP contribution in [-0.2, 0) is 0 Å². The van der Waals surface area contributed by atoms with Crippen molar-refractivity contribution in [1.82, 2.24) is 4.98 Å². The largest absolute Gasteiger partial charge is 0.464 e. The van der Waals surface area contributed by atoms with E-state index in [9.17, 15) is 0 Å². The fraction of sp³-hybridized carbons (Fsp3) is 0.417. The van der Waals surface area contributed by atoms with E-state index in [0.717, 1.165) is 23.3 Å². The molecule has 2 rings (SSSR count). The lowest BCUT2D eigenvalue weighted by Crippen LogP contribution is -2.26. The van der Waals surface area contributed by atoms with Gasteiger partial charge in [-0.15, -0.1) is 0 Å². The van der Waals surface area contributed by atoms with Crippen molar-refractivity contribution in [3.8, 4) is 0 Å². The average molecular weight is 236 g/mol. The smallest absolute Gasteiger partial charge is 0.139 e. The topological polar surface area (TPSA) is 38.1 Å². The fourth-order valence-electron chi connectivity index (χ4n) is 1.40. The summed E-state index contributed by atoms with van der Waals surface area (Å²) >= 11 is 1.84. The highest BCUT2D eigenvalue weighted by molar-refractivity contribution is 7.99. The number of anilines is 1. The van der Waals surface area contributed by atoms with Crippen molar-refractivity contribution < 1.29 is 4.42 Å². The van der Waals surface area contributed by atoms with Crippen LogP contribution in [0.4, 0.5) is 5.82 Å². The first-order chi connectivity index (χ1) is 7.62. The lowest BCUT2D eigenvalue weighted by molar-refractivity contribution is 0.615. The number of hydrogen-bond acceptors (Lipinski definition) is 4. The predicted molar refractivity (Wildman–Crippen MR) is 70.1 cm³/mol. The molecule has 0 aromatic carbocycles. The van der Waals surface area contributed by atoms with Gasteiger partial charge < -0.3 is 9.73 Å². The van der Waals surface area contributed by atoms with Gasteiger partial charge in [0.15, 0.2) is 0 Å². The molecule has 0 unspecified atom stereocenters. The van der Waals surface area contributed by atoms with Crippen LogP contribution >= 0.6 is 11.8 Å². The summed E-state index contributed by atoms with van der Waals surface area (Å²) in [5.41, 5.74) is 0.874. The summed E-state index contributed by atoms with van der Waals surface area (Å²) in [5.74, 6) is 0.897. The zero-order valence-electron chi connectivity index (χ0n) is 9.78. The molecule has 0 spiro atoms. The van der Waals surface area contributed by atoms with Gasteiger partial charge in [-0.05, 0) is 32.2 Å². The first-order valence-electron chi connectivity index (χ1n) is 5.24. The number of rotatable bonds is 4. The van der Waals surface area contributed by atoms with E-state index in [1.54, 1.807) is 12.5 Å². The molecule has 2 aromatic heterocycles. The number of fused-ring (bicyclic) bond motifs is 1. The van der Waals surface area contributed by atoms with E-state index < -0.39 is 0 Å². The fourth-order valence-corrected chi connectivity index (χ4v) is 1.62. The van der Waals surface area contributed by atoms with Gasteiger partial charge in [0.1, 0.15) is 11.4 Å². The second kappa shape index (κ2) is 4.37. The standard InChI is InChI=1S/C12H16N2OS/c1-12(2,16-3)8-14-11-9-5-7-15-10(9)4-6-13-11/h4-7H,8H2,1-3H3,(H,13,14). The maximum absolute atomic E-state index is 5.33. The first kappa shape index (κ1) is 11.3. The molecule has 4 heteroatoms. The molecule has 0 amide bonds. The Labute approximate surface area is 99.6 Å². The predicted octanol–water partition coefficient (Wildman–Crippen LogP) is 3.38. The lowest BCUT2D eigenvalue weighted by atomic mass is 10.2. The summed E-state index contributed by atoms with van der Waals surface area (Å²) < 4.78 is 5.53. The quantitative estimate of drug-likeness (QED) is 0.883. The van der Waals surface area contributed by atoms with E-state index >= 15 is 0 Å². The highest BCUT2D eigenvalue weighted by Gasteiger charge is 2.16. The van der Waals surface area contributed by atoms with E-state index in [4.69, 9.17) is 4.42 Å². The molecule has 2 aromatic rings. The summed E-state index contributed by atoms with van der Waals surface area (Å²) in [5, 5.41) is 4.41. The highest BCUT2D eigenvalue weighted by Crippen LogP contribution is 2.25. The Hall–Kier alpha value is -1.16. The van der Waals surface area contributed by atoms with Gasteiger partial charge in [0.25, 0.3) is 0 Å². The third kappa shape index (κ3) is 2.32. The highest BCUT2D eigenvalue weighted by atomic mass is 32.2. The maximum Gasteiger partial charge on any atom is 0.139 e. The number of furan rings is 1. The van der Waals surface area contributed by atoms with Crippen LogP contribution in [0.5, 0.6) is 0 Å². The molecule has 0 radical (unpaired) electrons. The van der Waals surface area contributed by atoms with Gasteiger partial charge in [-0.2, -0.15) is 11.8 Å². The molecule has 0 fully saturated rings. The number of pyridine rings is 1. The van der Waals surface area contributed by atoms with Crippen molar-refractivity contribution in [3.05, 3.63) is 24.6 Å². The second-order valence-electron chi connectivity index (χ2n) is 4.31. The summed E-state index contributed by atoms with van der Waals surface area (Å²) in [4.78, 5) is 4.34. The molecule has 0 atom stereocenters. The van der Waals surface area contributed by atoms with Crippen molar-refractivity contribution in [2.75, 3.05) is 18.1 Å². The summed E-state index contributed by atoms with van der Waals surface area (Å²) in [6.07, 6.45) is 5.57. The molecule has 2 heterocycles. The van der Waals surface area contributed by atoms with Gasteiger partial charge in [-0.1, -0.05) is 0 Å². The molecule has 86 valence electrons. The van der Waals surface area contributed by atoms with E-state index in [1.807, 2.05) is 23.9 Å². The molecule has 0 aliphatic rings. The van der Waals surface area contributed by atoms with Gasteiger partial charge in [0, 0.05) is 17.5 Å². The number of hydrogen-bond donors (Lipinski definition) is 1. The minimum atomic E-state index is 0.202. The van der Waals surface area contributed by atoms with Gasteiger partial charge in [-0.3, -0.25) is 0 Å². The number of nitrogens with one attached hydrogen (secondary N) is 1. The normalized spacial score (nSPS) is 11.9. The van der Waals surface area contributed by atoms with Crippen molar-refractivity contribution in [3.63, 3.8) is 0 Å². The van der Waals surface area contributed by atoms with Crippen LogP contribution in [0.15, 0.2) is 29.0 Å². The number of aromatic nitrogens is 1. The molecule has 0 saturated carbocycles. The van der Waals surface area contributed by atoms with E-state index in [-0.39, 0.29) is 4.75 Å². The Kier molecular flexibility index (Phi) is 3.10. The number of nitrogens with zero attached hydrogens (tertiary/aromatic N) is 1. The lowest BCUT2D eigenvalue weighted by Gasteiger charge is -2.22. The Bertz CT molecular complexity index is 479. The molecule has 16 heavy (non-hydrogen) atoms. The Morgan fingerprint density at radius 3 is 3.00 bits per heavy atom. The van der Waals surface area contributed by atoms with Crippen LogP contribution in [0.3, 0.4) is 0 Å². The molecule has 0 saturated heterocycles. The van der Waals surface area contributed by atoms with Crippen molar-refractivity contribution in [1.29, 1.82) is 0 Å². The van der Waals surface area contributed by atoms with Gasteiger partial charge in [-0.25, -0.2) is 4.98 Å². The molecule has 0 aliphatic carbocycles. The van der Waals surface area contributed by atoms with Crippen LogP contribution in [0, 0.1) is 0 Å². The molecule has 0 aliphatic heterocycles. The van der Waals surface area contributed by atoms with E-state index in [0.29, 0.717) is 0 Å². The van der Waals surface area contributed by atoms with Crippen LogP contribution in [-0.4, -0.2) is 22.5 Å². The SMILES string of the molecule is CSC(C)(C)CNc1nccc2occc12. The first-order valence-corrected chi connectivity index (χ1v) is 6.46. The molecule has 3 nitrogen and oxygen atoms in total. The number of thioether (sulfide) groups is 1. The molecular formula is C12H16N2OS. The van der Waals surface area contributed by atoms with Crippen molar-refractivity contribution in [2.45, 2.75) is 18.6 Å². The Balaban J connectivity index is 2.18. The van der Waals surface area contributed by atoms with E-state index in [1.165, 1.54) is 0 Å². The Morgan fingerprint density at radius 2 is 2.25 bits per heavy atom. The minimum absolute atomic E-state index is 0.202. The molecule has 1 N–H and O–H groups in total. The van der Waals surface area contributed by atoms with Gasteiger partial charge in [0.2, 0.25) is 0 Å². The minimum Gasteiger partial charge on any atom is -0.464 e. The van der Waals surface area contributed by atoms with E-state index in [2.05, 4.69) is 30.4 Å². The van der Waals surface area contributed by atoms with Gasteiger partial charge in [0.05, 0.1) is 11.6 Å². The average Bonchev–Trinajstić information content (AvgIpc) is 2.75. The second-order valence-corrected chi connectivity index (χ2v) is 5.82. The third-order valence-electron chi connectivity index (χ3n) is 2.61. The summed E-state index contributed by atoms with van der Waals surface area (Å²) in [6, 6.07) is 3.82. The third-order valence-corrected chi connectivity index (χ3v) is 3.86.